The van der Waals surface area contributed by atoms with Gasteiger partial charge < -0.3 is 14.8 Å². The van der Waals surface area contributed by atoms with Crippen LogP contribution in [0.25, 0.3) is 22.3 Å². The van der Waals surface area contributed by atoms with E-state index in [4.69, 9.17) is 5.26 Å². The number of H-pyrrole nitrogens is 1. The second kappa shape index (κ2) is 8.30. The number of nitrogens with zero attached hydrogens (tertiary/aromatic N) is 6. The van der Waals surface area contributed by atoms with Crippen molar-refractivity contribution < 1.29 is 4.79 Å². The van der Waals surface area contributed by atoms with Crippen LogP contribution in [-0.4, -0.2) is 56.7 Å². The highest BCUT2D eigenvalue weighted by Crippen LogP contribution is 2.33. The minimum absolute atomic E-state index is 0.0914. The van der Waals surface area contributed by atoms with Gasteiger partial charge in [0.15, 0.2) is 0 Å². The molecule has 5 rings (SSSR count). The largest absolute Gasteiger partial charge is 0.367 e. The van der Waals surface area contributed by atoms with Crippen LogP contribution < -0.4 is 4.90 Å². The summed E-state index contributed by atoms with van der Waals surface area (Å²) >= 11 is 0. The number of anilines is 1. The zero-order valence-corrected chi connectivity index (χ0v) is 18.7. The Kier molecular flexibility index (Phi) is 5.33. The average molecular weight is 432 g/mol. The molecule has 1 amide bonds. The quantitative estimate of drug-likeness (QED) is 0.687. The maximum atomic E-state index is 13.0. The molecule has 32 heavy (non-hydrogen) atoms. The Balaban J connectivity index is 1.29. The van der Waals surface area contributed by atoms with Gasteiger partial charge in [-0.25, -0.2) is 4.98 Å². The lowest BCUT2D eigenvalue weighted by molar-refractivity contribution is -0.137. The fourth-order valence-corrected chi connectivity index (χ4v) is 5.19. The smallest absolute Gasteiger partial charge is 0.225 e. The fraction of sp³-hybridized carbons (Fsp3) is 0.500. The number of hydrogen-bond acceptors (Lipinski definition) is 5. The van der Waals surface area contributed by atoms with E-state index in [-0.39, 0.29) is 17.7 Å². The Bertz CT molecular complexity index is 1170. The summed E-state index contributed by atoms with van der Waals surface area (Å²) in [5.41, 5.74) is 5.11. The highest BCUT2D eigenvalue weighted by Gasteiger charge is 2.31. The topological polar surface area (TPSA) is 93.8 Å². The summed E-state index contributed by atoms with van der Waals surface area (Å²) in [5, 5.41) is 14.6. The second-order valence-corrected chi connectivity index (χ2v) is 9.07. The van der Waals surface area contributed by atoms with Crippen LogP contribution in [0.1, 0.15) is 31.4 Å². The Labute approximate surface area is 187 Å². The first-order valence-electron chi connectivity index (χ1n) is 11.4. The Morgan fingerprint density at radius 1 is 1.19 bits per heavy atom. The number of aromatic amines is 1. The van der Waals surface area contributed by atoms with Crippen molar-refractivity contribution in [1.29, 1.82) is 5.26 Å². The number of nitriles is 1. The molecule has 8 heteroatoms. The molecule has 3 aromatic rings. The SMILES string of the molecule is Cc1nn(C)cc1-c1cc2c(N3CCN(C(=O)C4CCC(C#N)CC4)CC3)ccnc2[nH]1. The van der Waals surface area contributed by atoms with Crippen molar-refractivity contribution >= 4 is 22.6 Å². The van der Waals surface area contributed by atoms with Crippen LogP contribution in [0.4, 0.5) is 5.69 Å². The Morgan fingerprint density at radius 2 is 1.94 bits per heavy atom. The molecule has 1 aliphatic carbocycles. The molecular formula is C24H29N7O. The molecular weight excluding hydrogens is 402 g/mol. The molecule has 0 radical (unpaired) electrons. The van der Waals surface area contributed by atoms with E-state index in [0.29, 0.717) is 0 Å². The predicted molar refractivity (Wildman–Crippen MR) is 123 cm³/mol. The molecule has 2 fully saturated rings. The van der Waals surface area contributed by atoms with Gasteiger partial charge in [-0.05, 0) is 44.7 Å². The predicted octanol–water partition coefficient (Wildman–Crippen LogP) is 3.25. The number of rotatable bonds is 3. The summed E-state index contributed by atoms with van der Waals surface area (Å²) in [7, 11) is 1.93. The van der Waals surface area contributed by atoms with Crippen molar-refractivity contribution in [1.82, 2.24) is 24.6 Å². The van der Waals surface area contributed by atoms with Gasteiger partial charge in [0.05, 0.1) is 17.5 Å². The van der Waals surface area contributed by atoms with Gasteiger partial charge in [0, 0.05) is 74.1 Å². The zero-order valence-electron chi connectivity index (χ0n) is 18.7. The van der Waals surface area contributed by atoms with Crippen molar-refractivity contribution in [3.63, 3.8) is 0 Å². The first-order chi connectivity index (χ1) is 15.5. The van der Waals surface area contributed by atoms with E-state index in [9.17, 15) is 4.79 Å². The summed E-state index contributed by atoms with van der Waals surface area (Å²) in [5.74, 6) is 0.498. The summed E-state index contributed by atoms with van der Waals surface area (Å²) in [6.07, 6.45) is 7.28. The van der Waals surface area contributed by atoms with Crippen molar-refractivity contribution in [2.45, 2.75) is 32.6 Å². The van der Waals surface area contributed by atoms with Gasteiger partial charge >= 0.3 is 0 Å². The van der Waals surface area contributed by atoms with Crippen molar-refractivity contribution in [2.75, 3.05) is 31.1 Å². The second-order valence-electron chi connectivity index (χ2n) is 9.07. The lowest BCUT2D eigenvalue weighted by Gasteiger charge is -2.38. The number of amides is 1. The van der Waals surface area contributed by atoms with E-state index in [1.54, 1.807) is 0 Å². The van der Waals surface area contributed by atoms with Gasteiger partial charge in [-0.2, -0.15) is 10.4 Å². The first-order valence-corrected chi connectivity index (χ1v) is 11.4. The molecule has 1 saturated carbocycles. The maximum Gasteiger partial charge on any atom is 0.225 e. The van der Waals surface area contributed by atoms with Crippen molar-refractivity contribution in [3.8, 4) is 17.3 Å². The normalized spacial score (nSPS) is 21.7. The molecule has 0 bridgehead atoms. The fourth-order valence-electron chi connectivity index (χ4n) is 5.19. The van der Waals surface area contributed by atoms with Crippen molar-refractivity contribution in [2.24, 2.45) is 18.9 Å². The van der Waals surface area contributed by atoms with Gasteiger partial charge in [0.1, 0.15) is 5.65 Å². The van der Waals surface area contributed by atoms with E-state index in [1.807, 2.05) is 35.9 Å². The average Bonchev–Trinajstić information content (AvgIpc) is 3.40. The Hall–Kier alpha value is -3.34. The standard InChI is InChI=1S/C24H29N7O/c1-16-20(15-29(2)28-16)21-13-19-22(7-8-26-23(19)27-21)30-9-11-31(12-10-30)24(32)18-5-3-17(14-25)4-6-18/h7-8,13,15,17-18H,3-6,9-12H2,1-2H3,(H,26,27). The van der Waals surface area contributed by atoms with Gasteiger partial charge in [-0.15, -0.1) is 0 Å². The number of hydrogen-bond donors (Lipinski definition) is 1. The van der Waals surface area contributed by atoms with Gasteiger partial charge in [0.2, 0.25) is 5.91 Å². The number of carbonyl (C=O) groups is 1. The molecule has 0 atom stereocenters. The van der Waals surface area contributed by atoms with Crippen LogP contribution in [0.3, 0.4) is 0 Å². The lowest BCUT2D eigenvalue weighted by atomic mass is 9.82. The first kappa shape index (κ1) is 20.6. The molecule has 0 spiro atoms. The summed E-state index contributed by atoms with van der Waals surface area (Å²) in [6, 6.07) is 6.58. The van der Waals surface area contributed by atoms with Crippen LogP contribution in [0.2, 0.25) is 0 Å². The summed E-state index contributed by atoms with van der Waals surface area (Å²) in [4.78, 5) is 25.4. The highest BCUT2D eigenvalue weighted by atomic mass is 16.2. The van der Waals surface area contributed by atoms with E-state index in [0.717, 1.165) is 85.5 Å². The molecule has 4 heterocycles. The number of fused-ring (bicyclic) bond motifs is 1. The third-order valence-corrected chi connectivity index (χ3v) is 7.00. The van der Waals surface area contributed by atoms with Crippen LogP contribution in [0, 0.1) is 30.1 Å². The molecule has 3 aromatic heterocycles. The van der Waals surface area contributed by atoms with Crippen molar-refractivity contribution in [3.05, 3.63) is 30.2 Å². The molecule has 2 aliphatic rings. The minimum atomic E-state index is 0.0914. The molecule has 1 N–H and O–H groups in total. The van der Waals surface area contributed by atoms with Gasteiger partial charge in [-0.1, -0.05) is 0 Å². The summed E-state index contributed by atoms with van der Waals surface area (Å²) < 4.78 is 1.83. The van der Waals surface area contributed by atoms with Crippen LogP contribution in [0.5, 0.6) is 0 Å². The number of carbonyl (C=O) groups excluding carboxylic acids is 1. The van der Waals surface area contributed by atoms with E-state index in [1.165, 1.54) is 0 Å². The highest BCUT2D eigenvalue weighted by molar-refractivity contribution is 5.94. The lowest BCUT2D eigenvalue weighted by Crippen LogP contribution is -2.50. The Morgan fingerprint density at radius 3 is 2.59 bits per heavy atom. The number of pyridine rings is 1. The number of piperazine rings is 1. The number of nitrogens with one attached hydrogen (secondary N) is 1. The number of aromatic nitrogens is 4. The molecule has 0 unspecified atom stereocenters. The third kappa shape index (κ3) is 3.72. The maximum absolute atomic E-state index is 13.0. The number of aryl methyl sites for hydroxylation is 2. The zero-order chi connectivity index (χ0) is 22.2. The van der Waals surface area contributed by atoms with E-state index in [2.05, 4.69) is 38.2 Å². The minimum Gasteiger partial charge on any atom is -0.367 e. The molecule has 166 valence electrons. The van der Waals surface area contributed by atoms with E-state index >= 15 is 0 Å². The van der Waals surface area contributed by atoms with Gasteiger partial charge in [0.25, 0.3) is 0 Å². The molecule has 1 saturated heterocycles. The molecule has 8 nitrogen and oxygen atoms in total. The van der Waals surface area contributed by atoms with Crippen LogP contribution in [0.15, 0.2) is 24.5 Å². The summed E-state index contributed by atoms with van der Waals surface area (Å²) in [6.45, 7) is 5.10. The monoisotopic (exact) mass is 431 g/mol. The third-order valence-electron chi connectivity index (χ3n) is 7.00. The van der Waals surface area contributed by atoms with E-state index < -0.39 is 0 Å². The molecule has 0 aromatic carbocycles. The van der Waals surface area contributed by atoms with Gasteiger partial charge in [-0.3, -0.25) is 9.48 Å². The molecule has 1 aliphatic heterocycles. The van der Waals surface area contributed by atoms with Crippen LogP contribution in [-0.2, 0) is 11.8 Å². The van der Waals surface area contributed by atoms with Crippen LogP contribution >= 0.6 is 0 Å².